The summed E-state index contributed by atoms with van der Waals surface area (Å²) in [5.74, 6) is 1.10. The van der Waals surface area contributed by atoms with Crippen molar-refractivity contribution in [2.45, 2.75) is 31.8 Å². The van der Waals surface area contributed by atoms with Crippen LogP contribution in [0.5, 0.6) is 5.75 Å². The first-order chi connectivity index (χ1) is 9.24. The summed E-state index contributed by atoms with van der Waals surface area (Å²) in [7, 11) is 6.31. The van der Waals surface area contributed by atoms with Crippen molar-refractivity contribution in [3.8, 4) is 5.75 Å². The summed E-state index contributed by atoms with van der Waals surface area (Å²) >= 11 is 0. The van der Waals surface area contributed by atoms with Crippen molar-refractivity contribution in [3.05, 3.63) is 36.4 Å². The van der Waals surface area contributed by atoms with Gasteiger partial charge in [-0.1, -0.05) is 12.1 Å². The molecule has 0 aromatic heterocycles. The molecular weight excluding hydrogens is 236 g/mol. The third kappa shape index (κ3) is 2.77. The Balaban J connectivity index is 1.69. The van der Waals surface area contributed by atoms with E-state index in [2.05, 4.69) is 37.2 Å². The molecular formula is C16H24N2O. The second kappa shape index (κ2) is 5.51. The van der Waals surface area contributed by atoms with Crippen LogP contribution >= 0.6 is 0 Å². The SMILES string of the molecule is [CH2-][NH+]1CCc2c(cccc2OC[C@@H]2CCCN2C)C1. The maximum atomic E-state index is 6.12. The molecule has 3 nitrogen and oxygen atoms in total. The molecule has 0 aliphatic carbocycles. The number of nitrogens with zero attached hydrogens (tertiary/aromatic N) is 1. The van der Waals surface area contributed by atoms with Gasteiger partial charge in [-0.15, -0.1) is 0 Å². The second-order valence-corrected chi connectivity index (χ2v) is 5.91. The van der Waals surface area contributed by atoms with Crippen molar-refractivity contribution < 1.29 is 9.64 Å². The molecule has 3 rings (SSSR count). The molecule has 3 heteroatoms. The van der Waals surface area contributed by atoms with E-state index in [1.165, 1.54) is 35.4 Å². The quantitative estimate of drug-likeness (QED) is 0.813. The Morgan fingerprint density at radius 3 is 3.16 bits per heavy atom. The Morgan fingerprint density at radius 2 is 2.37 bits per heavy atom. The smallest absolute Gasteiger partial charge is 0.123 e. The van der Waals surface area contributed by atoms with Crippen LogP contribution in [0.2, 0.25) is 0 Å². The van der Waals surface area contributed by atoms with E-state index in [4.69, 9.17) is 4.74 Å². The normalized spacial score (nSPS) is 27.3. The molecule has 1 fully saturated rings. The lowest BCUT2D eigenvalue weighted by Crippen LogP contribution is -3.06. The molecule has 19 heavy (non-hydrogen) atoms. The number of fused-ring (bicyclic) bond motifs is 1. The number of quaternary nitrogens is 1. The Bertz CT molecular complexity index is 446. The van der Waals surface area contributed by atoms with Crippen molar-refractivity contribution >= 4 is 0 Å². The Morgan fingerprint density at radius 1 is 1.47 bits per heavy atom. The van der Waals surface area contributed by atoms with E-state index in [1.807, 2.05) is 0 Å². The molecule has 0 saturated carbocycles. The van der Waals surface area contributed by atoms with Crippen LogP contribution in [0.25, 0.3) is 0 Å². The molecule has 2 atom stereocenters. The standard InChI is InChI=1S/C16H24N2O/c1-17-10-8-15-13(11-17)5-3-7-16(15)19-12-14-6-4-9-18(14)2/h3,5,7,14,17H,1,4,6,8-12H2,2H3/t14-/m0/s1. The Hall–Kier alpha value is -1.06. The predicted octanol–water partition coefficient (Wildman–Crippen LogP) is 0.892. The Kier molecular flexibility index (Phi) is 3.76. The Labute approximate surface area is 116 Å². The molecule has 104 valence electrons. The van der Waals surface area contributed by atoms with E-state index < -0.39 is 0 Å². The van der Waals surface area contributed by atoms with E-state index in [0.717, 1.165) is 31.9 Å². The van der Waals surface area contributed by atoms with Gasteiger partial charge in [0.05, 0.1) is 13.1 Å². The first-order valence-corrected chi connectivity index (χ1v) is 7.34. The number of likely N-dealkylation sites (tertiary alicyclic amines) is 1. The molecule has 1 aromatic rings. The monoisotopic (exact) mass is 260 g/mol. The lowest BCUT2D eigenvalue weighted by Gasteiger charge is -2.29. The minimum absolute atomic E-state index is 0.592. The number of nitrogens with one attached hydrogen (secondary N) is 1. The topological polar surface area (TPSA) is 16.9 Å². The van der Waals surface area contributed by atoms with Crippen molar-refractivity contribution in [1.29, 1.82) is 0 Å². The van der Waals surface area contributed by atoms with Crippen LogP contribution in [-0.2, 0) is 13.0 Å². The fourth-order valence-corrected chi connectivity index (χ4v) is 3.23. The number of ether oxygens (including phenoxy) is 1. The lowest BCUT2D eigenvalue weighted by atomic mass is 9.99. The highest BCUT2D eigenvalue weighted by Crippen LogP contribution is 2.25. The molecule has 2 aliphatic rings. The van der Waals surface area contributed by atoms with Gasteiger partial charge in [-0.3, -0.25) is 0 Å². The summed E-state index contributed by atoms with van der Waals surface area (Å²) in [5, 5.41) is 0. The predicted molar refractivity (Wildman–Crippen MR) is 76.2 cm³/mol. The molecule has 0 amide bonds. The molecule has 0 spiro atoms. The molecule has 0 radical (unpaired) electrons. The van der Waals surface area contributed by atoms with Crippen LogP contribution in [-0.4, -0.2) is 37.7 Å². The highest BCUT2D eigenvalue weighted by Gasteiger charge is 2.23. The molecule has 1 unspecified atom stereocenters. The summed E-state index contributed by atoms with van der Waals surface area (Å²) in [6, 6.07) is 7.05. The number of hydrogen-bond acceptors (Lipinski definition) is 2. The molecule has 0 bridgehead atoms. The van der Waals surface area contributed by atoms with Crippen molar-refractivity contribution in [3.63, 3.8) is 0 Å². The van der Waals surface area contributed by atoms with Gasteiger partial charge >= 0.3 is 0 Å². The van der Waals surface area contributed by atoms with Gasteiger partial charge in [0, 0.05) is 23.6 Å². The van der Waals surface area contributed by atoms with E-state index in [-0.39, 0.29) is 0 Å². The zero-order valence-electron chi connectivity index (χ0n) is 11.8. The fourth-order valence-electron chi connectivity index (χ4n) is 3.23. The molecule has 2 aliphatic heterocycles. The minimum atomic E-state index is 0.592. The maximum Gasteiger partial charge on any atom is 0.123 e. The van der Waals surface area contributed by atoms with E-state index >= 15 is 0 Å². The molecule has 1 saturated heterocycles. The van der Waals surface area contributed by atoms with Crippen LogP contribution in [0.3, 0.4) is 0 Å². The zero-order valence-corrected chi connectivity index (χ0v) is 11.8. The van der Waals surface area contributed by atoms with Crippen LogP contribution in [0, 0.1) is 7.05 Å². The summed E-state index contributed by atoms with van der Waals surface area (Å²) < 4.78 is 6.12. The first-order valence-electron chi connectivity index (χ1n) is 7.34. The van der Waals surface area contributed by atoms with Gasteiger partial charge in [0.25, 0.3) is 0 Å². The van der Waals surface area contributed by atoms with Gasteiger partial charge in [0.2, 0.25) is 0 Å². The molecule has 2 heterocycles. The lowest BCUT2D eigenvalue weighted by molar-refractivity contribution is -0.870. The maximum absolute atomic E-state index is 6.12. The zero-order chi connectivity index (χ0) is 13.2. The van der Waals surface area contributed by atoms with Crippen molar-refractivity contribution in [2.24, 2.45) is 0 Å². The van der Waals surface area contributed by atoms with Crippen molar-refractivity contribution in [1.82, 2.24) is 4.90 Å². The van der Waals surface area contributed by atoms with Gasteiger partial charge in [0.15, 0.2) is 0 Å². The number of hydrogen-bond donors (Lipinski definition) is 1. The van der Waals surface area contributed by atoms with E-state index in [0.29, 0.717) is 6.04 Å². The van der Waals surface area contributed by atoms with Crippen LogP contribution in [0.4, 0.5) is 0 Å². The van der Waals surface area contributed by atoms with Gasteiger partial charge in [0.1, 0.15) is 12.4 Å². The fraction of sp³-hybridized carbons (Fsp3) is 0.562. The largest absolute Gasteiger partial charge is 0.492 e. The number of likely N-dealkylation sites (N-methyl/N-ethyl adjacent to an activating group) is 1. The average Bonchev–Trinajstić information content (AvgIpc) is 2.81. The second-order valence-electron chi connectivity index (χ2n) is 5.91. The average molecular weight is 260 g/mol. The van der Waals surface area contributed by atoms with E-state index in [9.17, 15) is 0 Å². The summed E-state index contributed by atoms with van der Waals surface area (Å²) in [6.07, 6.45) is 3.66. The minimum Gasteiger partial charge on any atom is -0.492 e. The summed E-state index contributed by atoms with van der Waals surface area (Å²) in [6.45, 7) is 4.17. The van der Waals surface area contributed by atoms with Crippen LogP contribution in [0.15, 0.2) is 18.2 Å². The first kappa shape index (κ1) is 12.9. The third-order valence-corrected chi connectivity index (χ3v) is 4.50. The summed E-state index contributed by atoms with van der Waals surface area (Å²) in [4.78, 5) is 3.76. The third-order valence-electron chi connectivity index (χ3n) is 4.50. The number of benzene rings is 1. The van der Waals surface area contributed by atoms with Crippen molar-refractivity contribution in [2.75, 3.05) is 26.7 Å². The van der Waals surface area contributed by atoms with E-state index in [1.54, 1.807) is 0 Å². The van der Waals surface area contributed by atoms with Crippen LogP contribution in [0.1, 0.15) is 24.0 Å². The highest BCUT2D eigenvalue weighted by atomic mass is 16.5. The van der Waals surface area contributed by atoms with Gasteiger partial charge in [-0.25, -0.2) is 0 Å². The molecule has 1 aromatic carbocycles. The van der Waals surface area contributed by atoms with Gasteiger partial charge in [-0.2, -0.15) is 7.05 Å². The van der Waals surface area contributed by atoms with Gasteiger partial charge in [-0.05, 0) is 32.5 Å². The molecule has 1 N–H and O–H groups in total. The highest BCUT2D eigenvalue weighted by molar-refractivity contribution is 5.40. The van der Waals surface area contributed by atoms with Crippen LogP contribution < -0.4 is 9.64 Å². The van der Waals surface area contributed by atoms with Gasteiger partial charge < -0.3 is 14.5 Å². The number of rotatable bonds is 3. The summed E-state index contributed by atoms with van der Waals surface area (Å²) in [5.41, 5.74) is 2.82.